The summed E-state index contributed by atoms with van der Waals surface area (Å²) in [6.07, 6.45) is -2.63. The van der Waals surface area contributed by atoms with Crippen LogP contribution in [0.15, 0.2) is 48.7 Å². The van der Waals surface area contributed by atoms with E-state index in [-0.39, 0.29) is 47.2 Å². The molecule has 1 aliphatic rings. The zero-order chi connectivity index (χ0) is 31.8. The highest BCUT2D eigenvalue weighted by molar-refractivity contribution is 6.05. The lowest BCUT2D eigenvalue weighted by Crippen LogP contribution is -2.39. The highest BCUT2D eigenvalue weighted by Gasteiger charge is 2.32. The van der Waals surface area contributed by atoms with Crippen molar-refractivity contribution in [2.75, 3.05) is 30.5 Å². The molecule has 0 aliphatic carbocycles. The maximum Gasteiger partial charge on any atom is 0.335 e. The molecule has 1 fully saturated rings. The van der Waals surface area contributed by atoms with Gasteiger partial charge in [0.15, 0.2) is 18.0 Å². The lowest BCUT2D eigenvalue weighted by atomic mass is 10.1. The van der Waals surface area contributed by atoms with Gasteiger partial charge in [-0.3, -0.25) is 4.79 Å². The molecule has 8 N–H and O–H groups in total. The van der Waals surface area contributed by atoms with Crippen molar-refractivity contribution in [1.82, 2.24) is 9.97 Å². The summed E-state index contributed by atoms with van der Waals surface area (Å²) in [6, 6.07) is 9.25. The van der Waals surface area contributed by atoms with Gasteiger partial charge in [0, 0.05) is 18.8 Å². The van der Waals surface area contributed by atoms with E-state index in [0.29, 0.717) is 18.7 Å². The fourth-order valence-corrected chi connectivity index (χ4v) is 4.23. The van der Waals surface area contributed by atoms with Crippen LogP contribution in [0.2, 0.25) is 0 Å². The first-order valence-corrected chi connectivity index (χ1v) is 12.6. The Hall–Kier alpha value is -4.77. The van der Waals surface area contributed by atoms with Gasteiger partial charge in [-0.05, 0) is 42.8 Å². The number of carbonyl (C=O) groups is 3. The highest BCUT2D eigenvalue weighted by atomic mass is 19.1. The molecule has 16 heteroatoms. The lowest BCUT2D eigenvalue weighted by molar-refractivity contribution is -0.165. The molecule has 4 atom stereocenters. The third kappa shape index (κ3) is 7.95. The highest BCUT2D eigenvalue weighted by Crippen LogP contribution is 2.33. The number of nitrogens with one attached hydrogen (secondary N) is 1. The number of nitrogens with two attached hydrogens (primary N) is 1. The van der Waals surface area contributed by atoms with Crippen molar-refractivity contribution < 1.29 is 53.4 Å². The van der Waals surface area contributed by atoms with Crippen molar-refractivity contribution in [3.63, 3.8) is 0 Å². The molecular formula is C27H29F2N5O9. The average molecular weight is 606 g/mol. The summed E-state index contributed by atoms with van der Waals surface area (Å²) in [4.78, 5) is 42.6. The molecule has 1 aromatic heterocycles. The largest absolute Gasteiger partial charge is 0.496 e. The fourth-order valence-electron chi connectivity index (χ4n) is 4.23. The molecule has 0 bridgehead atoms. The van der Waals surface area contributed by atoms with Gasteiger partial charge in [-0.2, -0.15) is 0 Å². The van der Waals surface area contributed by atoms with E-state index >= 15 is 0 Å². The predicted octanol–water partition coefficient (Wildman–Crippen LogP) is 0.458. The Kier molecular flexibility index (Phi) is 11.0. The molecule has 230 valence electrons. The van der Waals surface area contributed by atoms with Crippen molar-refractivity contribution >= 4 is 29.2 Å². The first kappa shape index (κ1) is 32.7. The number of aliphatic carboxylic acids is 2. The Morgan fingerprint density at radius 2 is 1.79 bits per heavy atom. The summed E-state index contributed by atoms with van der Waals surface area (Å²) in [5, 5.41) is 44.9. The van der Waals surface area contributed by atoms with Gasteiger partial charge >= 0.3 is 11.9 Å². The second-order valence-corrected chi connectivity index (χ2v) is 9.25. The minimum atomic E-state index is -2.27. The van der Waals surface area contributed by atoms with Gasteiger partial charge in [0.1, 0.15) is 23.1 Å². The molecule has 2 aromatic carbocycles. The number of carboxylic acid groups (broad SMARTS) is 2. The number of carboxylic acids is 2. The molecule has 2 heterocycles. The molecule has 14 nitrogen and oxygen atoms in total. The molecule has 2 unspecified atom stereocenters. The zero-order valence-electron chi connectivity index (χ0n) is 22.6. The van der Waals surface area contributed by atoms with Crippen LogP contribution in [0.1, 0.15) is 16.9 Å². The fraction of sp³-hybridized carbons (Fsp3) is 0.296. The third-order valence-corrected chi connectivity index (χ3v) is 6.29. The number of methoxy groups -OCH3 is 1. The Morgan fingerprint density at radius 1 is 1.12 bits per heavy atom. The van der Waals surface area contributed by atoms with E-state index in [1.54, 1.807) is 6.07 Å². The number of ether oxygens (including phenoxy) is 1. The van der Waals surface area contributed by atoms with E-state index in [1.165, 1.54) is 49.7 Å². The first-order chi connectivity index (χ1) is 20.4. The molecule has 1 aliphatic heterocycles. The van der Waals surface area contributed by atoms with E-state index in [0.717, 1.165) is 0 Å². The number of halogens is 2. The minimum Gasteiger partial charge on any atom is -0.496 e. The van der Waals surface area contributed by atoms with Gasteiger partial charge in [-0.1, -0.05) is 6.07 Å². The van der Waals surface area contributed by atoms with Crippen LogP contribution in [0.4, 0.5) is 20.2 Å². The smallest absolute Gasteiger partial charge is 0.335 e. The molecule has 1 saturated heterocycles. The van der Waals surface area contributed by atoms with Gasteiger partial charge in [0.25, 0.3) is 5.91 Å². The molecule has 3 aromatic rings. The molecule has 0 radical (unpaired) electrons. The van der Waals surface area contributed by atoms with E-state index < -0.39 is 41.7 Å². The van der Waals surface area contributed by atoms with Crippen LogP contribution in [0.3, 0.4) is 0 Å². The predicted molar refractivity (Wildman–Crippen MR) is 146 cm³/mol. The number of hydrogen-bond donors (Lipinski definition) is 7. The number of rotatable bonds is 9. The SMILES string of the molecule is COc1cccc(F)c1-c1nccc(C(=O)Nc2cc(F)ccc2N2C[C@@H](N)C[C@H]2CO)n1.O=C(O)C(O)C(O)C(=O)O. The first-order valence-electron chi connectivity index (χ1n) is 12.6. The number of amides is 1. The van der Waals surface area contributed by atoms with E-state index in [4.69, 9.17) is 30.9 Å². The number of aliphatic hydroxyl groups is 3. The van der Waals surface area contributed by atoms with E-state index in [1.807, 2.05) is 4.90 Å². The van der Waals surface area contributed by atoms with E-state index in [2.05, 4.69) is 15.3 Å². The van der Waals surface area contributed by atoms with E-state index in [9.17, 15) is 28.3 Å². The standard InChI is InChI=1S/C23H23F2N5O3.C4H6O6/c1-33-20-4-2-3-16(25)21(20)22-27-8-7-17(28-22)23(32)29-18-9-13(24)5-6-19(18)30-11-14(26)10-15(30)12-31;5-1(3(7)8)2(6)4(9)10/h2-9,14-15,31H,10-12,26H2,1H3,(H,29,32);1-2,5-6H,(H,7,8)(H,9,10)/t14-,15-;/m0./s1. The quantitative estimate of drug-likeness (QED) is 0.176. The van der Waals surface area contributed by atoms with Crippen molar-refractivity contribution in [1.29, 1.82) is 0 Å². The number of hydrogen-bond acceptors (Lipinski definition) is 11. The van der Waals surface area contributed by atoms with Crippen LogP contribution < -0.4 is 20.7 Å². The number of carbonyl (C=O) groups excluding carboxylic acids is 1. The normalized spacial score (nSPS) is 17.3. The number of aliphatic hydroxyl groups excluding tert-OH is 3. The van der Waals surface area contributed by atoms with Crippen molar-refractivity contribution in [2.24, 2.45) is 5.73 Å². The minimum absolute atomic E-state index is 0.0251. The van der Waals surface area contributed by atoms with Gasteiger partial charge in [0.05, 0.1) is 36.7 Å². The van der Waals surface area contributed by atoms with Crippen LogP contribution in [0.5, 0.6) is 5.75 Å². The molecule has 43 heavy (non-hydrogen) atoms. The number of benzene rings is 2. The molecule has 4 rings (SSSR count). The number of aromatic nitrogens is 2. The van der Waals surface area contributed by atoms with Crippen molar-refractivity contribution in [2.45, 2.75) is 30.7 Å². The van der Waals surface area contributed by atoms with Crippen LogP contribution >= 0.6 is 0 Å². The van der Waals surface area contributed by atoms with Gasteiger partial charge in [0.2, 0.25) is 0 Å². The van der Waals surface area contributed by atoms with Crippen LogP contribution in [0.25, 0.3) is 11.4 Å². The average Bonchev–Trinajstić information content (AvgIpc) is 3.36. The van der Waals surface area contributed by atoms with Gasteiger partial charge < -0.3 is 46.2 Å². The molecule has 0 saturated carbocycles. The summed E-state index contributed by atoms with van der Waals surface area (Å²) in [5.74, 6) is -5.12. The maximum absolute atomic E-state index is 14.4. The Morgan fingerprint density at radius 3 is 2.40 bits per heavy atom. The summed E-state index contributed by atoms with van der Waals surface area (Å²) in [7, 11) is 1.39. The van der Waals surface area contributed by atoms with Crippen LogP contribution in [-0.2, 0) is 9.59 Å². The second kappa shape index (κ2) is 14.4. The zero-order valence-corrected chi connectivity index (χ0v) is 22.6. The van der Waals surface area contributed by atoms with Crippen molar-refractivity contribution in [3.05, 3.63) is 66.0 Å². The molecule has 1 amide bonds. The lowest BCUT2D eigenvalue weighted by Gasteiger charge is -2.27. The monoisotopic (exact) mass is 605 g/mol. The molecule has 0 spiro atoms. The van der Waals surface area contributed by atoms with Gasteiger partial charge in [-0.15, -0.1) is 0 Å². The number of nitrogens with zero attached hydrogens (tertiary/aromatic N) is 3. The summed E-state index contributed by atoms with van der Waals surface area (Å²) in [5.41, 5.74) is 6.75. The molecular weight excluding hydrogens is 576 g/mol. The summed E-state index contributed by atoms with van der Waals surface area (Å²) >= 11 is 0. The van der Waals surface area contributed by atoms with Crippen molar-refractivity contribution in [3.8, 4) is 17.1 Å². The maximum atomic E-state index is 14.4. The van der Waals surface area contributed by atoms with Crippen LogP contribution in [0, 0.1) is 11.6 Å². The summed E-state index contributed by atoms with van der Waals surface area (Å²) in [6.45, 7) is 0.322. The van der Waals surface area contributed by atoms with Gasteiger partial charge in [-0.25, -0.2) is 28.3 Å². The third-order valence-electron chi connectivity index (χ3n) is 6.29. The Balaban J connectivity index is 0.000000436. The van der Waals surface area contributed by atoms with Crippen LogP contribution in [-0.4, -0.2) is 97.9 Å². The summed E-state index contributed by atoms with van der Waals surface area (Å²) < 4.78 is 33.7. The Bertz CT molecular complexity index is 1460. The second-order valence-electron chi connectivity index (χ2n) is 9.25. The Labute approximate surface area is 243 Å². The topological polar surface area (TPSA) is 229 Å². The number of anilines is 2.